The molecule has 3 rings (SSSR count). The SMILES string of the molecule is Cc1noc(Cn2c(SCC(=O)O)nc3cnccc32)n1. The van der Waals surface area contributed by atoms with Crippen LogP contribution in [0, 0.1) is 6.92 Å². The Kier molecular flexibility index (Phi) is 3.57. The second kappa shape index (κ2) is 5.52. The highest BCUT2D eigenvalue weighted by molar-refractivity contribution is 7.99. The van der Waals surface area contributed by atoms with Gasteiger partial charge < -0.3 is 14.2 Å². The predicted octanol–water partition coefficient (Wildman–Crippen LogP) is 1.35. The largest absolute Gasteiger partial charge is 0.481 e. The quantitative estimate of drug-likeness (QED) is 0.704. The van der Waals surface area contributed by atoms with E-state index >= 15 is 0 Å². The van der Waals surface area contributed by atoms with Crippen LogP contribution >= 0.6 is 11.8 Å². The number of aryl methyl sites for hydroxylation is 1. The van der Waals surface area contributed by atoms with Gasteiger partial charge in [-0.15, -0.1) is 0 Å². The molecule has 0 saturated carbocycles. The predicted molar refractivity (Wildman–Crippen MR) is 74.0 cm³/mol. The maximum Gasteiger partial charge on any atom is 0.313 e. The van der Waals surface area contributed by atoms with Crippen LogP contribution in [-0.2, 0) is 11.3 Å². The minimum atomic E-state index is -0.898. The third-order valence-corrected chi connectivity index (χ3v) is 3.66. The molecule has 0 spiro atoms. The lowest BCUT2D eigenvalue weighted by Crippen LogP contribution is -2.04. The van der Waals surface area contributed by atoms with Crippen molar-refractivity contribution in [3.05, 3.63) is 30.2 Å². The number of pyridine rings is 1. The second-order valence-corrected chi connectivity index (χ2v) is 5.21. The van der Waals surface area contributed by atoms with Crippen LogP contribution in [0.5, 0.6) is 0 Å². The zero-order chi connectivity index (χ0) is 14.8. The Labute approximate surface area is 123 Å². The summed E-state index contributed by atoms with van der Waals surface area (Å²) in [6, 6.07) is 1.82. The topological polar surface area (TPSA) is 107 Å². The van der Waals surface area contributed by atoms with Crippen LogP contribution in [0.4, 0.5) is 0 Å². The Balaban J connectivity index is 2.00. The summed E-state index contributed by atoms with van der Waals surface area (Å²) in [7, 11) is 0. The number of carboxylic acids is 1. The van der Waals surface area contributed by atoms with E-state index < -0.39 is 5.97 Å². The van der Waals surface area contributed by atoms with Crippen molar-refractivity contribution in [2.45, 2.75) is 18.6 Å². The Morgan fingerprint density at radius 1 is 1.48 bits per heavy atom. The molecule has 3 aromatic rings. The van der Waals surface area contributed by atoms with Crippen molar-refractivity contribution in [1.82, 2.24) is 24.7 Å². The first kappa shape index (κ1) is 13.6. The molecule has 0 atom stereocenters. The first-order valence-electron chi connectivity index (χ1n) is 6.07. The normalized spacial score (nSPS) is 11.1. The van der Waals surface area contributed by atoms with E-state index in [1.165, 1.54) is 0 Å². The van der Waals surface area contributed by atoms with Gasteiger partial charge in [0.05, 0.1) is 17.5 Å². The molecular weight excluding hydrogens is 294 g/mol. The second-order valence-electron chi connectivity index (χ2n) is 4.26. The van der Waals surface area contributed by atoms with Crippen molar-refractivity contribution >= 4 is 28.8 Å². The molecule has 0 aliphatic rings. The minimum Gasteiger partial charge on any atom is -0.481 e. The summed E-state index contributed by atoms with van der Waals surface area (Å²) < 4.78 is 6.96. The summed E-state index contributed by atoms with van der Waals surface area (Å²) in [6.07, 6.45) is 3.29. The number of hydrogen-bond acceptors (Lipinski definition) is 7. The lowest BCUT2D eigenvalue weighted by molar-refractivity contribution is -0.133. The number of rotatable bonds is 5. The van der Waals surface area contributed by atoms with E-state index in [0.29, 0.717) is 28.9 Å². The number of aromatic nitrogens is 5. The zero-order valence-corrected chi connectivity index (χ0v) is 11.9. The minimum absolute atomic E-state index is 0.0698. The van der Waals surface area contributed by atoms with Gasteiger partial charge in [0, 0.05) is 6.20 Å². The Bertz CT molecular complexity index is 797. The highest BCUT2D eigenvalue weighted by Gasteiger charge is 2.15. The molecule has 9 heteroatoms. The van der Waals surface area contributed by atoms with Gasteiger partial charge in [0.2, 0.25) is 5.89 Å². The van der Waals surface area contributed by atoms with Crippen LogP contribution < -0.4 is 0 Å². The van der Waals surface area contributed by atoms with E-state index in [2.05, 4.69) is 20.1 Å². The van der Waals surface area contributed by atoms with Crippen LogP contribution in [0.3, 0.4) is 0 Å². The lowest BCUT2D eigenvalue weighted by Gasteiger charge is -2.04. The summed E-state index contributed by atoms with van der Waals surface area (Å²) >= 11 is 1.14. The molecule has 0 radical (unpaired) electrons. The van der Waals surface area contributed by atoms with Gasteiger partial charge in [-0.1, -0.05) is 16.9 Å². The Hall–Kier alpha value is -2.42. The average molecular weight is 305 g/mol. The molecule has 0 fully saturated rings. The number of nitrogens with zero attached hydrogens (tertiary/aromatic N) is 5. The summed E-state index contributed by atoms with van der Waals surface area (Å²) in [5.41, 5.74) is 1.54. The highest BCUT2D eigenvalue weighted by Crippen LogP contribution is 2.24. The van der Waals surface area contributed by atoms with Gasteiger partial charge in [-0.2, -0.15) is 4.98 Å². The molecule has 3 heterocycles. The molecule has 0 aliphatic carbocycles. The molecular formula is C12H11N5O3S. The Morgan fingerprint density at radius 3 is 3.05 bits per heavy atom. The molecule has 1 N–H and O–H groups in total. The van der Waals surface area contributed by atoms with Gasteiger partial charge in [0.25, 0.3) is 0 Å². The summed E-state index contributed by atoms with van der Waals surface area (Å²) in [5, 5.41) is 13.2. The smallest absolute Gasteiger partial charge is 0.313 e. The van der Waals surface area contributed by atoms with Crippen molar-refractivity contribution in [3.8, 4) is 0 Å². The molecule has 0 unspecified atom stereocenters. The van der Waals surface area contributed by atoms with E-state index in [0.717, 1.165) is 17.3 Å². The summed E-state index contributed by atoms with van der Waals surface area (Å²) in [4.78, 5) is 23.3. The van der Waals surface area contributed by atoms with Gasteiger partial charge in [-0.3, -0.25) is 9.78 Å². The average Bonchev–Trinajstić information content (AvgIpc) is 3.01. The molecule has 0 bridgehead atoms. The lowest BCUT2D eigenvalue weighted by atomic mass is 10.4. The Morgan fingerprint density at radius 2 is 2.33 bits per heavy atom. The van der Waals surface area contributed by atoms with Crippen molar-refractivity contribution < 1.29 is 14.4 Å². The van der Waals surface area contributed by atoms with E-state index in [4.69, 9.17) is 9.63 Å². The molecule has 21 heavy (non-hydrogen) atoms. The molecule has 108 valence electrons. The van der Waals surface area contributed by atoms with E-state index in [-0.39, 0.29) is 5.75 Å². The maximum absolute atomic E-state index is 10.7. The number of aliphatic carboxylic acids is 1. The van der Waals surface area contributed by atoms with Gasteiger partial charge in [0.15, 0.2) is 11.0 Å². The highest BCUT2D eigenvalue weighted by atomic mass is 32.2. The monoisotopic (exact) mass is 305 g/mol. The van der Waals surface area contributed by atoms with Crippen molar-refractivity contribution in [3.63, 3.8) is 0 Å². The van der Waals surface area contributed by atoms with Gasteiger partial charge in [-0.25, -0.2) is 4.98 Å². The number of hydrogen-bond donors (Lipinski definition) is 1. The fraction of sp³-hybridized carbons (Fsp3) is 0.250. The standard InChI is InChI=1S/C12H11N5O3S/c1-7-14-10(20-16-7)5-17-9-2-3-13-4-8(9)15-12(17)21-6-11(18)19/h2-4H,5-6H2,1H3,(H,18,19). The number of imidazole rings is 1. The van der Waals surface area contributed by atoms with Crippen LogP contribution in [0.2, 0.25) is 0 Å². The zero-order valence-electron chi connectivity index (χ0n) is 11.1. The van der Waals surface area contributed by atoms with Crippen molar-refractivity contribution in [1.29, 1.82) is 0 Å². The third kappa shape index (κ3) is 2.87. The number of thioether (sulfide) groups is 1. The molecule has 8 nitrogen and oxygen atoms in total. The number of fused-ring (bicyclic) bond motifs is 1. The fourth-order valence-electron chi connectivity index (χ4n) is 1.89. The number of carbonyl (C=O) groups is 1. The third-order valence-electron chi connectivity index (χ3n) is 2.70. The number of carboxylic acid groups (broad SMARTS) is 1. The summed E-state index contributed by atoms with van der Waals surface area (Å²) in [6.45, 7) is 2.08. The van der Waals surface area contributed by atoms with Crippen LogP contribution in [0.1, 0.15) is 11.7 Å². The van der Waals surface area contributed by atoms with Gasteiger partial charge in [0.1, 0.15) is 12.1 Å². The van der Waals surface area contributed by atoms with Crippen molar-refractivity contribution in [2.75, 3.05) is 5.75 Å². The molecule has 0 aromatic carbocycles. The van der Waals surface area contributed by atoms with Crippen molar-refractivity contribution in [2.24, 2.45) is 0 Å². The van der Waals surface area contributed by atoms with E-state index in [1.54, 1.807) is 19.3 Å². The molecule has 0 amide bonds. The van der Waals surface area contributed by atoms with Gasteiger partial charge >= 0.3 is 5.97 Å². The first-order chi connectivity index (χ1) is 10.1. The van der Waals surface area contributed by atoms with Gasteiger partial charge in [-0.05, 0) is 13.0 Å². The van der Waals surface area contributed by atoms with Crippen LogP contribution in [-0.4, -0.2) is 41.5 Å². The van der Waals surface area contributed by atoms with Crippen LogP contribution in [0.15, 0.2) is 28.1 Å². The molecule has 0 aliphatic heterocycles. The molecule has 0 saturated heterocycles. The molecule has 3 aromatic heterocycles. The summed E-state index contributed by atoms with van der Waals surface area (Å²) in [5.74, 6) is 0.0292. The van der Waals surface area contributed by atoms with E-state index in [1.807, 2.05) is 10.6 Å². The fourth-order valence-corrected chi connectivity index (χ4v) is 2.62. The van der Waals surface area contributed by atoms with E-state index in [9.17, 15) is 4.79 Å². The van der Waals surface area contributed by atoms with Crippen LogP contribution in [0.25, 0.3) is 11.0 Å². The maximum atomic E-state index is 10.7. The first-order valence-corrected chi connectivity index (χ1v) is 7.06.